The van der Waals surface area contributed by atoms with Crippen molar-refractivity contribution in [2.24, 2.45) is 5.92 Å². The van der Waals surface area contributed by atoms with Crippen LogP contribution in [0.15, 0.2) is 65.3 Å². The minimum atomic E-state index is -3.46. The van der Waals surface area contributed by atoms with Crippen LogP contribution in [0, 0.1) is 5.92 Å². The molecular formula is C20H24O5S. The van der Waals surface area contributed by atoms with E-state index < -0.39 is 21.7 Å². The van der Waals surface area contributed by atoms with Gasteiger partial charge in [0.1, 0.15) is 5.76 Å². The number of allylic oxidation sites excluding steroid dienone is 1. The molecule has 2 aromatic rings. The molecular weight excluding hydrogens is 352 g/mol. The first-order chi connectivity index (χ1) is 12.5. The molecule has 0 aliphatic rings. The zero-order valence-electron chi connectivity index (χ0n) is 14.6. The highest BCUT2D eigenvalue weighted by molar-refractivity contribution is 7.91. The topological polar surface area (TPSA) is 84.6 Å². The van der Waals surface area contributed by atoms with Crippen LogP contribution in [-0.2, 0) is 27.5 Å². The first kappa shape index (κ1) is 20.0. The molecule has 0 bridgehead atoms. The molecule has 140 valence electrons. The van der Waals surface area contributed by atoms with E-state index in [4.69, 9.17) is 4.42 Å². The Kier molecular flexibility index (Phi) is 7.66. The van der Waals surface area contributed by atoms with Gasteiger partial charge in [0, 0.05) is 6.42 Å². The summed E-state index contributed by atoms with van der Waals surface area (Å²) in [7, 11) is -3.46. The van der Waals surface area contributed by atoms with E-state index in [-0.39, 0.29) is 11.5 Å². The van der Waals surface area contributed by atoms with Gasteiger partial charge in [0.2, 0.25) is 0 Å². The molecule has 1 atom stereocenters. The summed E-state index contributed by atoms with van der Waals surface area (Å²) < 4.78 is 29.6. The summed E-state index contributed by atoms with van der Waals surface area (Å²) in [5.74, 6) is -1.66. The van der Waals surface area contributed by atoms with Crippen molar-refractivity contribution < 1.29 is 22.7 Å². The van der Waals surface area contributed by atoms with Gasteiger partial charge in [-0.15, -0.1) is 0 Å². The number of sulfone groups is 1. The number of benzene rings is 1. The molecule has 0 saturated carbocycles. The monoisotopic (exact) mass is 376 g/mol. The highest BCUT2D eigenvalue weighted by Gasteiger charge is 2.24. The molecule has 2 rings (SSSR count). The Bertz CT molecular complexity index is 792. The molecule has 26 heavy (non-hydrogen) atoms. The van der Waals surface area contributed by atoms with Crippen LogP contribution in [-0.4, -0.2) is 31.0 Å². The minimum absolute atomic E-state index is 0.157. The third-order valence-corrected chi connectivity index (χ3v) is 5.69. The Morgan fingerprint density at radius 2 is 1.88 bits per heavy atom. The molecule has 0 amide bonds. The Morgan fingerprint density at radius 3 is 2.54 bits per heavy atom. The molecule has 0 aliphatic carbocycles. The summed E-state index contributed by atoms with van der Waals surface area (Å²) in [5, 5.41) is 9.34. The number of furan rings is 1. The lowest BCUT2D eigenvalue weighted by Gasteiger charge is -2.12. The maximum atomic E-state index is 12.2. The van der Waals surface area contributed by atoms with Crippen molar-refractivity contribution >= 4 is 15.8 Å². The van der Waals surface area contributed by atoms with Crippen molar-refractivity contribution in [3.05, 3.63) is 72.2 Å². The van der Waals surface area contributed by atoms with E-state index >= 15 is 0 Å². The maximum absolute atomic E-state index is 12.2. The molecule has 0 saturated heterocycles. The smallest absolute Gasteiger partial charge is 0.307 e. The molecule has 0 radical (unpaired) electrons. The van der Waals surface area contributed by atoms with Crippen molar-refractivity contribution in [3.63, 3.8) is 0 Å². The van der Waals surface area contributed by atoms with E-state index in [1.807, 2.05) is 36.4 Å². The van der Waals surface area contributed by atoms with Crippen LogP contribution in [0.2, 0.25) is 0 Å². The zero-order valence-corrected chi connectivity index (χ0v) is 15.4. The van der Waals surface area contributed by atoms with Gasteiger partial charge in [0.15, 0.2) is 9.84 Å². The summed E-state index contributed by atoms with van der Waals surface area (Å²) in [5.41, 5.74) is 1.13. The van der Waals surface area contributed by atoms with Gasteiger partial charge in [-0.1, -0.05) is 42.5 Å². The Labute approximate surface area is 154 Å². The van der Waals surface area contributed by atoms with E-state index in [0.717, 1.165) is 17.7 Å². The van der Waals surface area contributed by atoms with Gasteiger partial charge in [-0.3, -0.25) is 4.79 Å². The van der Waals surface area contributed by atoms with Gasteiger partial charge in [-0.2, -0.15) is 0 Å². The molecule has 1 unspecified atom stereocenters. The maximum Gasteiger partial charge on any atom is 0.307 e. The lowest BCUT2D eigenvalue weighted by atomic mass is 10.0. The van der Waals surface area contributed by atoms with Crippen LogP contribution in [0.25, 0.3) is 0 Å². The van der Waals surface area contributed by atoms with Crippen LogP contribution in [0.1, 0.15) is 24.2 Å². The fraction of sp³-hybridized carbons (Fsp3) is 0.350. The third kappa shape index (κ3) is 7.27. The molecule has 0 fully saturated rings. The second kappa shape index (κ2) is 9.97. The zero-order chi connectivity index (χ0) is 18.8. The van der Waals surface area contributed by atoms with E-state index in [2.05, 4.69) is 0 Å². The van der Waals surface area contributed by atoms with Crippen molar-refractivity contribution in [1.29, 1.82) is 0 Å². The molecule has 6 heteroatoms. The average molecular weight is 376 g/mol. The largest absolute Gasteiger partial charge is 0.481 e. The van der Waals surface area contributed by atoms with Crippen molar-refractivity contribution in [2.45, 2.75) is 25.7 Å². The molecule has 1 N–H and O–H groups in total. The number of rotatable bonds is 11. The third-order valence-electron chi connectivity index (χ3n) is 4.08. The number of hydrogen-bond donors (Lipinski definition) is 1. The average Bonchev–Trinajstić information content (AvgIpc) is 3.12. The lowest BCUT2D eigenvalue weighted by molar-refractivity contribution is -0.141. The first-order valence-electron chi connectivity index (χ1n) is 8.61. The molecule has 1 aromatic heterocycles. The highest BCUT2D eigenvalue weighted by Crippen LogP contribution is 2.14. The summed E-state index contributed by atoms with van der Waals surface area (Å²) in [6.07, 6.45) is 7.09. The van der Waals surface area contributed by atoms with Gasteiger partial charge in [-0.25, -0.2) is 8.42 Å². The molecule has 1 heterocycles. The standard InChI is InChI=1S/C20H24O5S/c21-20(22)18(11-6-10-17-8-2-1-3-9-17)16-26(23,24)15-5-4-12-19-13-7-14-25-19/h1-5,7-9,13-14,18H,6,10-12,15-16H2,(H,21,22). The number of hydrogen-bond acceptors (Lipinski definition) is 4. The van der Waals surface area contributed by atoms with Crippen molar-refractivity contribution in [1.82, 2.24) is 0 Å². The number of carbonyl (C=O) groups is 1. The Hall–Kier alpha value is -2.34. The van der Waals surface area contributed by atoms with Gasteiger partial charge in [0.25, 0.3) is 0 Å². The fourth-order valence-corrected chi connectivity index (χ4v) is 4.18. The summed E-state index contributed by atoms with van der Waals surface area (Å²) >= 11 is 0. The Balaban J connectivity index is 1.80. The Morgan fingerprint density at radius 1 is 1.12 bits per heavy atom. The van der Waals surface area contributed by atoms with Crippen LogP contribution in [0.4, 0.5) is 0 Å². The van der Waals surface area contributed by atoms with Gasteiger partial charge >= 0.3 is 5.97 Å². The minimum Gasteiger partial charge on any atom is -0.481 e. The number of aliphatic carboxylic acids is 1. The lowest BCUT2D eigenvalue weighted by Crippen LogP contribution is -2.25. The normalized spacial score (nSPS) is 13.1. The molecule has 5 nitrogen and oxygen atoms in total. The molecule has 0 spiro atoms. The van der Waals surface area contributed by atoms with Crippen LogP contribution < -0.4 is 0 Å². The van der Waals surface area contributed by atoms with Crippen LogP contribution in [0.5, 0.6) is 0 Å². The quantitative estimate of drug-likeness (QED) is 0.607. The summed E-state index contributed by atoms with van der Waals surface area (Å²) in [6, 6.07) is 13.3. The number of aryl methyl sites for hydroxylation is 1. The predicted octanol–water partition coefficient (Wildman–Crippen LogP) is 3.52. The van der Waals surface area contributed by atoms with Crippen LogP contribution >= 0.6 is 0 Å². The fourth-order valence-electron chi connectivity index (χ4n) is 2.69. The summed E-state index contributed by atoms with van der Waals surface area (Å²) in [6.45, 7) is 0. The highest BCUT2D eigenvalue weighted by atomic mass is 32.2. The number of carboxylic acids is 1. The van der Waals surface area contributed by atoms with Gasteiger partial charge in [0.05, 0.1) is 23.7 Å². The van der Waals surface area contributed by atoms with E-state index in [1.54, 1.807) is 24.5 Å². The van der Waals surface area contributed by atoms with Crippen LogP contribution in [0.3, 0.4) is 0 Å². The molecule has 1 aromatic carbocycles. The predicted molar refractivity (Wildman–Crippen MR) is 101 cm³/mol. The number of carboxylic acid groups (broad SMARTS) is 1. The van der Waals surface area contributed by atoms with E-state index in [1.165, 1.54) is 0 Å². The second-order valence-corrected chi connectivity index (χ2v) is 8.40. The summed E-state index contributed by atoms with van der Waals surface area (Å²) in [4.78, 5) is 11.4. The SMILES string of the molecule is O=C(O)C(CCCc1ccccc1)CS(=O)(=O)CC=CCc1ccco1. The van der Waals surface area contributed by atoms with Gasteiger partial charge < -0.3 is 9.52 Å². The van der Waals surface area contributed by atoms with Crippen molar-refractivity contribution in [2.75, 3.05) is 11.5 Å². The molecule has 0 aliphatic heterocycles. The first-order valence-corrected chi connectivity index (χ1v) is 10.4. The van der Waals surface area contributed by atoms with Crippen molar-refractivity contribution in [3.8, 4) is 0 Å². The van der Waals surface area contributed by atoms with E-state index in [9.17, 15) is 18.3 Å². The van der Waals surface area contributed by atoms with E-state index in [0.29, 0.717) is 19.3 Å². The second-order valence-electron chi connectivity index (χ2n) is 6.24. The van der Waals surface area contributed by atoms with Gasteiger partial charge in [-0.05, 0) is 37.0 Å².